The van der Waals surface area contributed by atoms with Crippen LogP contribution < -0.4 is 5.32 Å². The van der Waals surface area contributed by atoms with Crippen LogP contribution in [0.15, 0.2) is 18.3 Å². The highest BCUT2D eigenvalue weighted by atomic mass is 15.1. The van der Waals surface area contributed by atoms with E-state index in [1.54, 1.807) is 0 Å². The predicted molar refractivity (Wildman–Crippen MR) is 70.7 cm³/mol. The summed E-state index contributed by atoms with van der Waals surface area (Å²) in [7, 11) is 2.19. The zero-order valence-corrected chi connectivity index (χ0v) is 10.9. The molecule has 1 aromatic rings. The van der Waals surface area contributed by atoms with Crippen molar-refractivity contribution in [2.75, 3.05) is 20.1 Å². The van der Waals surface area contributed by atoms with E-state index < -0.39 is 0 Å². The molecule has 3 nitrogen and oxygen atoms in total. The monoisotopic (exact) mass is 233 g/mol. The Kier molecular flexibility index (Phi) is 4.51. The summed E-state index contributed by atoms with van der Waals surface area (Å²) in [4.78, 5) is 6.90. The highest BCUT2D eigenvalue weighted by Crippen LogP contribution is 2.29. The fraction of sp³-hybridized carbons (Fsp3) is 0.643. The smallest absolute Gasteiger partial charge is 0.0544 e. The molecule has 0 unspecified atom stereocenters. The van der Waals surface area contributed by atoms with Crippen molar-refractivity contribution in [2.24, 2.45) is 5.92 Å². The van der Waals surface area contributed by atoms with Gasteiger partial charge < -0.3 is 10.2 Å². The van der Waals surface area contributed by atoms with Gasteiger partial charge in [-0.25, -0.2) is 0 Å². The van der Waals surface area contributed by atoms with Crippen molar-refractivity contribution in [3.63, 3.8) is 0 Å². The Labute approximate surface area is 104 Å². The van der Waals surface area contributed by atoms with Gasteiger partial charge in [-0.1, -0.05) is 13.0 Å². The maximum atomic E-state index is 4.52. The molecule has 0 radical (unpaired) electrons. The minimum absolute atomic E-state index is 0.918. The van der Waals surface area contributed by atoms with Crippen LogP contribution in [0.1, 0.15) is 31.0 Å². The zero-order valence-electron chi connectivity index (χ0n) is 10.9. The van der Waals surface area contributed by atoms with E-state index in [1.807, 2.05) is 6.20 Å². The third kappa shape index (κ3) is 4.44. The summed E-state index contributed by atoms with van der Waals surface area (Å²) in [6.07, 6.45) is 4.82. The molecule has 3 heteroatoms. The van der Waals surface area contributed by atoms with Crippen LogP contribution in [0.4, 0.5) is 0 Å². The molecule has 1 N–H and O–H groups in total. The maximum Gasteiger partial charge on any atom is 0.0544 e. The summed E-state index contributed by atoms with van der Waals surface area (Å²) in [6, 6.07) is 4.33. The molecule has 1 heterocycles. The van der Waals surface area contributed by atoms with Crippen molar-refractivity contribution in [3.05, 3.63) is 29.6 Å². The molecule has 0 saturated heterocycles. The molecule has 17 heavy (non-hydrogen) atoms. The average molecular weight is 233 g/mol. The fourth-order valence-electron chi connectivity index (χ4n) is 2.00. The largest absolute Gasteiger partial charge is 0.313 e. The van der Waals surface area contributed by atoms with Crippen LogP contribution in [0.3, 0.4) is 0 Å². The second kappa shape index (κ2) is 6.12. The molecule has 0 spiro atoms. The third-order valence-corrected chi connectivity index (χ3v) is 3.16. The topological polar surface area (TPSA) is 28.2 Å². The lowest BCUT2D eigenvalue weighted by atomic mass is 10.2. The molecular formula is C14H23N3. The van der Waals surface area contributed by atoms with Crippen molar-refractivity contribution in [2.45, 2.75) is 32.9 Å². The van der Waals surface area contributed by atoms with E-state index in [0.29, 0.717) is 0 Å². The number of aromatic nitrogens is 1. The van der Waals surface area contributed by atoms with Crippen LogP contribution in [0.25, 0.3) is 0 Å². The predicted octanol–water partition coefficient (Wildman–Crippen LogP) is 2.03. The molecule has 0 amide bonds. The molecule has 1 aromatic heterocycles. The molecule has 0 aromatic carbocycles. The van der Waals surface area contributed by atoms with E-state index in [2.05, 4.69) is 41.3 Å². The number of rotatable bonds is 7. The van der Waals surface area contributed by atoms with Gasteiger partial charge in [0.25, 0.3) is 0 Å². The first kappa shape index (κ1) is 12.5. The van der Waals surface area contributed by atoms with E-state index in [9.17, 15) is 0 Å². The quantitative estimate of drug-likeness (QED) is 0.781. The van der Waals surface area contributed by atoms with Gasteiger partial charge in [0.05, 0.1) is 5.69 Å². The van der Waals surface area contributed by atoms with E-state index in [-0.39, 0.29) is 0 Å². The molecular weight excluding hydrogens is 210 g/mol. The molecule has 2 rings (SSSR count). The second-order valence-electron chi connectivity index (χ2n) is 5.08. The average Bonchev–Trinajstić information content (AvgIpc) is 3.12. The van der Waals surface area contributed by atoms with Crippen molar-refractivity contribution in [1.29, 1.82) is 0 Å². The Morgan fingerprint density at radius 1 is 1.41 bits per heavy atom. The summed E-state index contributed by atoms with van der Waals surface area (Å²) in [5.41, 5.74) is 2.44. The summed E-state index contributed by atoms with van der Waals surface area (Å²) >= 11 is 0. The molecule has 0 bridgehead atoms. The summed E-state index contributed by atoms with van der Waals surface area (Å²) in [6.45, 7) is 6.24. The minimum Gasteiger partial charge on any atom is -0.313 e. The lowest BCUT2D eigenvalue weighted by molar-refractivity contribution is 0.309. The van der Waals surface area contributed by atoms with Gasteiger partial charge in [-0.3, -0.25) is 4.98 Å². The van der Waals surface area contributed by atoms with Gasteiger partial charge in [0.1, 0.15) is 0 Å². The highest BCUT2D eigenvalue weighted by Gasteiger charge is 2.22. The Morgan fingerprint density at radius 3 is 2.82 bits per heavy atom. The van der Waals surface area contributed by atoms with Crippen molar-refractivity contribution < 1.29 is 0 Å². The summed E-state index contributed by atoms with van der Waals surface area (Å²) < 4.78 is 0. The first-order valence-electron chi connectivity index (χ1n) is 6.61. The number of nitrogens with zero attached hydrogens (tertiary/aromatic N) is 2. The molecule has 1 fully saturated rings. The van der Waals surface area contributed by atoms with Crippen LogP contribution >= 0.6 is 0 Å². The number of nitrogens with one attached hydrogen (secondary N) is 1. The van der Waals surface area contributed by atoms with Crippen LogP contribution in [0.2, 0.25) is 0 Å². The zero-order chi connectivity index (χ0) is 12.1. The van der Waals surface area contributed by atoms with Gasteiger partial charge in [-0.05, 0) is 44.0 Å². The van der Waals surface area contributed by atoms with Crippen molar-refractivity contribution in [3.8, 4) is 0 Å². The molecule has 0 atom stereocenters. The van der Waals surface area contributed by atoms with Gasteiger partial charge in [-0.15, -0.1) is 0 Å². The third-order valence-electron chi connectivity index (χ3n) is 3.16. The Morgan fingerprint density at radius 2 is 2.24 bits per heavy atom. The number of hydrogen-bond acceptors (Lipinski definition) is 3. The van der Waals surface area contributed by atoms with Gasteiger partial charge in [0.15, 0.2) is 0 Å². The number of pyridine rings is 1. The van der Waals surface area contributed by atoms with E-state index in [1.165, 1.54) is 30.6 Å². The van der Waals surface area contributed by atoms with Crippen LogP contribution in [-0.4, -0.2) is 30.0 Å². The van der Waals surface area contributed by atoms with Crippen LogP contribution in [-0.2, 0) is 13.1 Å². The van der Waals surface area contributed by atoms with Gasteiger partial charge in [0, 0.05) is 25.8 Å². The number of hydrogen-bond donors (Lipinski definition) is 1. The lowest BCUT2D eigenvalue weighted by Crippen LogP contribution is -2.21. The van der Waals surface area contributed by atoms with Crippen molar-refractivity contribution in [1.82, 2.24) is 15.2 Å². The van der Waals surface area contributed by atoms with E-state index >= 15 is 0 Å². The van der Waals surface area contributed by atoms with Gasteiger partial charge >= 0.3 is 0 Å². The second-order valence-corrected chi connectivity index (χ2v) is 5.08. The van der Waals surface area contributed by atoms with E-state index in [0.717, 1.165) is 25.6 Å². The Bertz CT molecular complexity index is 330. The van der Waals surface area contributed by atoms with Crippen LogP contribution in [0.5, 0.6) is 0 Å². The van der Waals surface area contributed by atoms with E-state index in [4.69, 9.17) is 0 Å². The molecule has 94 valence electrons. The van der Waals surface area contributed by atoms with Gasteiger partial charge in [-0.2, -0.15) is 0 Å². The highest BCUT2D eigenvalue weighted by molar-refractivity contribution is 5.13. The minimum atomic E-state index is 0.918. The van der Waals surface area contributed by atoms with Gasteiger partial charge in [0.2, 0.25) is 0 Å². The Hall–Kier alpha value is -0.930. The van der Waals surface area contributed by atoms with Crippen molar-refractivity contribution >= 4 is 0 Å². The molecule has 1 aliphatic carbocycles. The SMILES string of the molecule is CCNCc1ccc(CN(C)CC2CC2)nc1. The molecule has 0 aliphatic heterocycles. The maximum absolute atomic E-state index is 4.52. The molecule has 1 aliphatic rings. The summed E-state index contributed by atoms with van der Waals surface area (Å²) in [5, 5.41) is 3.31. The normalized spacial score (nSPS) is 15.5. The summed E-state index contributed by atoms with van der Waals surface area (Å²) in [5.74, 6) is 0.952. The standard InChI is InChI=1S/C14H23N3/c1-3-15-8-13-6-7-14(16-9-13)11-17(2)10-12-4-5-12/h6-7,9,12,15H,3-5,8,10-11H2,1-2H3. The molecule has 1 saturated carbocycles. The van der Waals surface area contributed by atoms with Crippen LogP contribution in [0, 0.1) is 5.92 Å². The first-order chi connectivity index (χ1) is 8.28. The lowest BCUT2D eigenvalue weighted by Gasteiger charge is -2.15. The fourth-order valence-corrected chi connectivity index (χ4v) is 2.00. The Balaban J connectivity index is 1.79. The first-order valence-corrected chi connectivity index (χ1v) is 6.61.